The largest absolute Gasteiger partial charge is 0.416 e. The molecule has 0 spiro atoms. The summed E-state index contributed by atoms with van der Waals surface area (Å²) in [5.74, 6) is -0.503. The predicted octanol–water partition coefficient (Wildman–Crippen LogP) is 4.06. The van der Waals surface area contributed by atoms with Gasteiger partial charge < -0.3 is 0 Å². The summed E-state index contributed by atoms with van der Waals surface area (Å²) in [4.78, 5) is 21.8. The highest BCUT2D eigenvalue weighted by Crippen LogP contribution is 2.34. The highest BCUT2D eigenvalue weighted by molar-refractivity contribution is 9.10. The van der Waals surface area contributed by atoms with Crippen molar-refractivity contribution in [3.63, 3.8) is 0 Å². The number of amides is 1. The topological polar surface area (TPSA) is 84.3 Å². The monoisotopic (exact) mass is 417 g/mol. The van der Waals surface area contributed by atoms with Crippen molar-refractivity contribution in [2.45, 2.75) is 12.6 Å². The van der Waals surface area contributed by atoms with Gasteiger partial charge >= 0.3 is 6.18 Å². The van der Waals surface area contributed by atoms with Crippen LogP contribution in [-0.4, -0.2) is 10.8 Å². The average Bonchev–Trinajstić information content (AvgIpc) is 2.54. The Morgan fingerprint density at radius 3 is 2.36 bits per heavy atom. The molecule has 0 aliphatic rings. The third-order valence-corrected chi connectivity index (χ3v) is 3.66. The van der Waals surface area contributed by atoms with Gasteiger partial charge in [-0.25, -0.2) is 0 Å². The van der Waals surface area contributed by atoms with Gasteiger partial charge in [0.25, 0.3) is 5.69 Å². The fourth-order valence-electron chi connectivity index (χ4n) is 1.93. The smallest absolute Gasteiger partial charge is 0.292 e. The highest BCUT2D eigenvalue weighted by Gasteiger charge is 2.33. The van der Waals surface area contributed by atoms with Crippen LogP contribution in [0.25, 0.3) is 0 Å². The van der Waals surface area contributed by atoms with Gasteiger partial charge in [0.05, 0.1) is 16.9 Å². The summed E-state index contributed by atoms with van der Waals surface area (Å²) in [5, 5.41) is 10.9. The van der Waals surface area contributed by atoms with Crippen LogP contribution in [0.3, 0.4) is 0 Å². The van der Waals surface area contributed by atoms with Gasteiger partial charge in [-0.05, 0) is 29.8 Å². The lowest BCUT2D eigenvalue weighted by Gasteiger charge is -2.11. The van der Waals surface area contributed by atoms with Crippen molar-refractivity contribution in [2.75, 3.05) is 5.43 Å². The molecule has 0 aromatic heterocycles. The first-order valence-corrected chi connectivity index (χ1v) is 7.61. The third kappa shape index (κ3) is 5.18. The van der Waals surface area contributed by atoms with Crippen LogP contribution in [0.5, 0.6) is 0 Å². The van der Waals surface area contributed by atoms with Gasteiger partial charge in [0.15, 0.2) is 0 Å². The quantitative estimate of drug-likeness (QED) is 0.567. The number of nitrogens with one attached hydrogen (secondary N) is 2. The minimum Gasteiger partial charge on any atom is -0.292 e. The van der Waals surface area contributed by atoms with Crippen molar-refractivity contribution in [1.82, 2.24) is 5.43 Å². The first kappa shape index (κ1) is 18.7. The zero-order valence-electron chi connectivity index (χ0n) is 12.4. The average molecular weight is 418 g/mol. The van der Waals surface area contributed by atoms with Crippen LogP contribution in [0.4, 0.5) is 24.5 Å². The lowest BCUT2D eigenvalue weighted by atomic mass is 10.1. The molecule has 2 N–H and O–H groups in total. The molecule has 0 unspecified atom stereocenters. The normalized spacial score (nSPS) is 11.0. The lowest BCUT2D eigenvalue weighted by molar-refractivity contribution is -0.384. The number of halogens is 4. The van der Waals surface area contributed by atoms with E-state index in [2.05, 4.69) is 26.8 Å². The van der Waals surface area contributed by atoms with E-state index in [4.69, 9.17) is 0 Å². The maximum atomic E-state index is 12.6. The molecule has 0 aliphatic carbocycles. The molecular weight excluding hydrogens is 407 g/mol. The Labute approximate surface area is 148 Å². The number of nitrogens with zero attached hydrogens (tertiary/aromatic N) is 1. The Bertz CT molecular complexity index is 795. The molecule has 0 atom stereocenters. The first-order valence-electron chi connectivity index (χ1n) is 6.82. The van der Waals surface area contributed by atoms with Crippen molar-refractivity contribution in [2.24, 2.45) is 0 Å². The second-order valence-corrected chi connectivity index (χ2v) is 5.88. The second-order valence-electron chi connectivity index (χ2n) is 4.96. The molecule has 2 aromatic carbocycles. The van der Waals surface area contributed by atoms with Crippen molar-refractivity contribution >= 4 is 33.2 Å². The number of hydrogen-bond acceptors (Lipinski definition) is 4. The van der Waals surface area contributed by atoms with Gasteiger partial charge in [-0.15, -0.1) is 0 Å². The predicted molar refractivity (Wildman–Crippen MR) is 87.7 cm³/mol. The Morgan fingerprint density at radius 2 is 1.80 bits per heavy atom. The van der Waals surface area contributed by atoms with Crippen LogP contribution in [0, 0.1) is 10.1 Å². The molecular formula is C15H11BrF3N3O3. The van der Waals surface area contributed by atoms with Crippen molar-refractivity contribution in [3.8, 4) is 0 Å². The minimum absolute atomic E-state index is 0.00525. The summed E-state index contributed by atoms with van der Waals surface area (Å²) < 4.78 is 38.7. The summed E-state index contributed by atoms with van der Waals surface area (Å²) in [5.41, 5.74) is 3.03. The lowest BCUT2D eigenvalue weighted by Crippen LogP contribution is -2.31. The van der Waals surface area contributed by atoms with Gasteiger partial charge in [-0.3, -0.25) is 25.8 Å². The number of hydrazine groups is 1. The molecule has 1 amide bonds. The molecule has 2 aromatic rings. The number of carbonyl (C=O) groups excluding carboxylic acids is 1. The van der Waals surface area contributed by atoms with E-state index in [0.717, 1.165) is 10.5 Å². The number of alkyl halides is 3. The third-order valence-electron chi connectivity index (χ3n) is 3.14. The number of anilines is 1. The maximum absolute atomic E-state index is 12.6. The summed E-state index contributed by atoms with van der Waals surface area (Å²) >= 11 is 3.26. The first-order chi connectivity index (χ1) is 11.7. The van der Waals surface area contributed by atoms with E-state index in [1.54, 1.807) is 24.3 Å². The maximum Gasteiger partial charge on any atom is 0.416 e. The number of benzene rings is 2. The zero-order valence-corrected chi connectivity index (χ0v) is 14.0. The summed E-state index contributed by atoms with van der Waals surface area (Å²) in [7, 11) is 0. The fourth-order valence-corrected chi connectivity index (χ4v) is 2.20. The van der Waals surface area contributed by atoms with E-state index in [0.29, 0.717) is 17.7 Å². The van der Waals surface area contributed by atoms with E-state index in [1.807, 2.05) is 0 Å². The molecule has 0 radical (unpaired) electrons. The fraction of sp³-hybridized carbons (Fsp3) is 0.133. The van der Waals surface area contributed by atoms with Crippen molar-refractivity contribution in [1.29, 1.82) is 0 Å². The van der Waals surface area contributed by atoms with Crippen LogP contribution < -0.4 is 10.9 Å². The molecule has 10 heteroatoms. The van der Waals surface area contributed by atoms with Gasteiger partial charge in [0.1, 0.15) is 5.69 Å². The number of carbonyl (C=O) groups is 1. The number of hydrogen-bond donors (Lipinski definition) is 2. The Morgan fingerprint density at radius 1 is 1.16 bits per heavy atom. The van der Waals surface area contributed by atoms with E-state index in [1.165, 1.54) is 0 Å². The summed E-state index contributed by atoms with van der Waals surface area (Å²) in [6, 6.07) is 8.91. The zero-order chi connectivity index (χ0) is 18.6. The van der Waals surface area contributed by atoms with E-state index in [9.17, 15) is 28.1 Å². The molecule has 25 heavy (non-hydrogen) atoms. The van der Waals surface area contributed by atoms with Gasteiger partial charge in [-0.2, -0.15) is 13.2 Å². The standard InChI is InChI=1S/C15H11BrF3N3O3/c16-11-4-1-9(2-5-11)7-14(23)21-20-12-6-3-10(15(17,18)19)8-13(12)22(24)25/h1-6,8,20H,7H2,(H,21,23). The van der Waals surface area contributed by atoms with Crippen LogP contribution in [0.1, 0.15) is 11.1 Å². The Kier molecular flexibility index (Phi) is 5.62. The molecule has 0 bridgehead atoms. The van der Waals surface area contributed by atoms with E-state index < -0.39 is 28.3 Å². The van der Waals surface area contributed by atoms with E-state index >= 15 is 0 Å². The number of nitro groups is 1. The SMILES string of the molecule is O=C(Cc1ccc(Br)cc1)NNc1ccc(C(F)(F)F)cc1[N+](=O)[O-]. The van der Waals surface area contributed by atoms with Gasteiger partial charge in [-0.1, -0.05) is 28.1 Å². The second kappa shape index (κ2) is 7.51. The van der Waals surface area contributed by atoms with Crippen LogP contribution in [-0.2, 0) is 17.4 Å². The van der Waals surface area contributed by atoms with Crippen LogP contribution in [0.2, 0.25) is 0 Å². The molecule has 0 saturated heterocycles. The molecule has 132 valence electrons. The van der Waals surface area contributed by atoms with Crippen molar-refractivity contribution < 1.29 is 22.9 Å². The van der Waals surface area contributed by atoms with E-state index in [-0.39, 0.29) is 12.1 Å². The Balaban J connectivity index is 2.07. The summed E-state index contributed by atoms with van der Waals surface area (Å²) in [6.45, 7) is 0. The van der Waals surface area contributed by atoms with Crippen LogP contribution >= 0.6 is 15.9 Å². The summed E-state index contributed by atoms with van der Waals surface area (Å²) in [6.07, 6.45) is -4.71. The Hall–Kier alpha value is -2.62. The number of nitro benzene ring substituents is 1. The number of rotatable bonds is 5. The molecule has 2 rings (SSSR count). The molecule has 0 fully saturated rings. The minimum atomic E-state index is -4.70. The van der Waals surface area contributed by atoms with Gasteiger partial charge in [0.2, 0.25) is 5.91 Å². The molecule has 0 aliphatic heterocycles. The van der Waals surface area contributed by atoms with Gasteiger partial charge in [0, 0.05) is 10.5 Å². The van der Waals surface area contributed by atoms with Crippen molar-refractivity contribution in [3.05, 3.63) is 68.2 Å². The molecule has 0 saturated carbocycles. The van der Waals surface area contributed by atoms with Crippen LogP contribution in [0.15, 0.2) is 46.9 Å². The molecule has 0 heterocycles. The highest BCUT2D eigenvalue weighted by atomic mass is 79.9. The molecule has 6 nitrogen and oxygen atoms in total.